The Morgan fingerprint density at radius 2 is 1.72 bits per heavy atom. The van der Waals surface area contributed by atoms with Gasteiger partial charge in [-0.1, -0.05) is 30.3 Å². The van der Waals surface area contributed by atoms with Crippen molar-refractivity contribution in [3.63, 3.8) is 0 Å². The highest BCUT2D eigenvalue weighted by molar-refractivity contribution is 5.85. The first-order valence-electron chi connectivity index (χ1n) is 8.97. The number of aromatic nitrogens is 4. The van der Waals surface area contributed by atoms with Crippen LogP contribution in [-0.4, -0.2) is 39.5 Å². The van der Waals surface area contributed by atoms with Crippen molar-refractivity contribution in [3.8, 4) is 0 Å². The van der Waals surface area contributed by atoms with Gasteiger partial charge in [-0.05, 0) is 49.3 Å². The Hall–Kier alpha value is -1.50. The molecule has 25 heavy (non-hydrogen) atoms. The van der Waals surface area contributed by atoms with Gasteiger partial charge >= 0.3 is 0 Å². The summed E-state index contributed by atoms with van der Waals surface area (Å²) in [6, 6.07) is 11.2. The van der Waals surface area contributed by atoms with Crippen LogP contribution >= 0.6 is 12.4 Å². The summed E-state index contributed by atoms with van der Waals surface area (Å²) in [4.78, 5) is 1.83. The lowest BCUT2D eigenvalue weighted by molar-refractivity contribution is 0.0602. The predicted molar refractivity (Wildman–Crippen MR) is 97.8 cm³/mol. The van der Waals surface area contributed by atoms with Crippen molar-refractivity contribution < 1.29 is 4.74 Å². The molecule has 0 unspecified atom stereocenters. The van der Waals surface area contributed by atoms with Crippen LogP contribution in [0.25, 0.3) is 0 Å². The summed E-state index contributed by atoms with van der Waals surface area (Å²) in [5, 5.41) is 13.7. The third-order valence-electron chi connectivity index (χ3n) is 5.60. The van der Waals surface area contributed by atoms with Crippen LogP contribution in [0.2, 0.25) is 0 Å². The second kappa shape index (κ2) is 7.81. The second-order valence-electron chi connectivity index (χ2n) is 7.06. The number of ether oxygens (including phenoxy) is 1. The number of rotatable bonds is 3. The lowest BCUT2D eigenvalue weighted by atomic mass is 9.73. The normalized spacial score (nSPS) is 26.0. The number of halogens is 1. The highest BCUT2D eigenvalue weighted by Crippen LogP contribution is 2.39. The molecule has 1 saturated carbocycles. The van der Waals surface area contributed by atoms with Crippen molar-refractivity contribution in [3.05, 3.63) is 41.7 Å². The van der Waals surface area contributed by atoms with Gasteiger partial charge < -0.3 is 10.5 Å². The molecule has 1 saturated heterocycles. The molecule has 0 radical (unpaired) electrons. The van der Waals surface area contributed by atoms with E-state index >= 15 is 0 Å². The van der Waals surface area contributed by atoms with Crippen molar-refractivity contribution in [2.75, 3.05) is 13.2 Å². The fourth-order valence-electron chi connectivity index (χ4n) is 4.02. The minimum Gasteiger partial charge on any atom is -0.381 e. The van der Waals surface area contributed by atoms with Crippen LogP contribution in [0.4, 0.5) is 0 Å². The Morgan fingerprint density at radius 3 is 2.40 bits per heavy atom. The van der Waals surface area contributed by atoms with Crippen LogP contribution < -0.4 is 5.73 Å². The molecule has 1 aromatic carbocycles. The van der Waals surface area contributed by atoms with E-state index in [0.717, 1.165) is 57.6 Å². The first-order valence-corrected chi connectivity index (χ1v) is 8.97. The van der Waals surface area contributed by atoms with E-state index in [9.17, 15) is 0 Å². The molecule has 2 heterocycles. The Morgan fingerprint density at radius 1 is 1.04 bits per heavy atom. The van der Waals surface area contributed by atoms with E-state index in [-0.39, 0.29) is 17.8 Å². The molecule has 1 aromatic heterocycles. The van der Waals surface area contributed by atoms with Crippen molar-refractivity contribution in [1.29, 1.82) is 0 Å². The quantitative estimate of drug-likeness (QED) is 0.906. The Bertz CT molecular complexity index is 663. The molecule has 1 aliphatic heterocycles. The molecule has 7 heteroatoms. The zero-order chi connectivity index (χ0) is 16.4. The third kappa shape index (κ3) is 3.57. The van der Waals surface area contributed by atoms with Gasteiger partial charge in [0.15, 0.2) is 5.82 Å². The molecule has 2 aliphatic rings. The van der Waals surface area contributed by atoms with E-state index in [2.05, 4.69) is 34.6 Å². The van der Waals surface area contributed by atoms with Crippen LogP contribution in [-0.2, 0) is 10.2 Å². The Labute approximate surface area is 154 Å². The fourth-order valence-corrected chi connectivity index (χ4v) is 4.02. The van der Waals surface area contributed by atoms with E-state index < -0.39 is 0 Å². The average molecular weight is 364 g/mol. The lowest BCUT2D eigenvalue weighted by Crippen LogP contribution is -2.36. The fraction of sp³-hybridized carbons (Fsp3) is 0.611. The predicted octanol–water partition coefficient (Wildman–Crippen LogP) is 2.63. The van der Waals surface area contributed by atoms with Gasteiger partial charge in [-0.3, -0.25) is 0 Å². The molecule has 2 N–H and O–H groups in total. The summed E-state index contributed by atoms with van der Waals surface area (Å²) in [5.74, 6) is 0.840. The topological polar surface area (TPSA) is 78.9 Å². The smallest absolute Gasteiger partial charge is 0.185 e. The van der Waals surface area contributed by atoms with Crippen molar-refractivity contribution in [2.45, 2.75) is 56.0 Å². The largest absolute Gasteiger partial charge is 0.381 e. The van der Waals surface area contributed by atoms with Gasteiger partial charge in [-0.2, -0.15) is 4.80 Å². The van der Waals surface area contributed by atoms with E-state index in [0.29, 0.717) is 12.1 Å². The van der Waals surface area contributed by atoms with Gasteiger partial charge in [0.2, 0.25) is 0 Å². The molecule has 6 nitrogen and oxygen atoms in total. The summed E-state index contributed by atoms with van der Waals surface area (Å²) >= 11 is 0. The monoisotopic (exact) mass is 363 g/mol. The molecule has 0 amide bonds. The van der Waals surface area contributed by atoms with Crippen LogP contribution in [0.3, 0.4) is 0 Å². The van der Waals surface area contributed by atoms with Gasteiger partial charge in [0.05, 0.1) is 11.5 Å². The van der Waals surface area contributed by atoms with Crippen LogP contribution in [0.15, 0.2) is 30.3 Å². The molecule has 0 spiro atoms. The average Bonchev–Trinajstić information content (AvgIpc) is 3.14. The standard InChI is InChI=1S/C18H25N5O.ClH/c19-15-6-8-16(9-7-15)23-21-17(20-22-23)18(10-12-24-13-11-18)14-4-2-1-3-5-14;/h1-5,15-16H,6-13,19H2;1H. The Kier molecular flexibility index (Phi) is 5.71. The number of hydrogen-bond acceptors (Lipinski definition) is 5. The maximum Gasteiger partial charge on any atom is 0.185 e. The van der Waals surface area contributed by atoms with Gasteiger partial charge in [0.25, 0.3) is 0 Å². The molecular formula is C18H26ClN5O. The van der Waals surface area contributed by atoms with E-state index in [4.69, 9.17) is 15.6 Å². The van der Waals surface area contributed by atoms with Crippen LogP contribution in [0, 0.1) is 0 Å². The Balaban J connectivity index is 0.00000182. The summed E-state index contributed by atoms with van der Waals surface area (Å²) in [5.41, 5.74) is 7.10. The zero-order valence-electron chi connectivity index (χ0n) is 14.4. The highest BCUT2D eigenvalue weighted by Gasteiger charge is 2.40. The summed E-state index contributed by atoms with van der Waals surface area (Å²) in [7, 11) is 0. The molecule has 1 aliphatic carbocycles. The van der Waals surface area contributed by atoms with Gasteiger partial charge in [0, 0.05) is 19.3 Å². The van der Waals surface area contributed by atoms with Crippen LogP contribution in [0.5, 0.6) is 0 Å². The zero-order valence-corrected chi connectivity index (χ0v) is 15.2. The number of tetrazole rings is 1. The molecule has 136 valence electrons. The van der Waals surface area contributed by atoms with Gasteiger partial charge in [-0.15, -0.1) is 22.6 Å². The summed E-state index contributed by atoms with van der Waals surface area (Å²) < 4.78 is 5.61. The third-order valence-corrected chi connectivity index (χ3v) is 5.60. The van der Waals surface area contributed by atoms with Crippen LogP contribution in [0.1, 0.15) is 56.0 Å². The second-order valence-corrected chi connectivity index (χ2v) is 7.06. The SMILES string of the molecule is Cl.NC1CCC(n2nnc(C3(c4ccccc4)CCOCC3)n2)CC1. The first-order chi connectivity index (χ1) is 11.8. The molecule has 2 aromatic rings. The van der Waals surface area contributed by atoms with Crippen molar-refractivity contribution in [1.82, 2.24) is 20.2 Å². The maximum atomic E-state index is 6.01. The highest BCUT2D eigenvalue weighted by atomic mass is 35.5. The van der Waals surface area contributed by atoms with E-state index in [1.165, 1.54) is 5.56 Å². The van der Waals surface area contributed by atoms with Crippen molar-refractivity contribution >= 4 is 12.4 Å². The molecule has 2 fully saturated rings. The molecule has 4 rings (SSSR count). The maximum absolute atomic E-state index is 6.01. The van der Waals surface area contributed by atoms with Crippen molar-refractivity contribution in [2.24, 2.45) is 5.73 Å². The van der Waals surface area contributed by atoms with E-state index in [1.54, 1.807) is 0 Å². The lowest BCUT2D eigenvalue weighted by Gasteiger charge is -2.35. The molecule has 0 atom stereocenters. The van der Waals surface area contributed by atoms with Gasteiger partial charge in [-0.25, -0.2) is 0 Å². The number of benzene rings is 1. The minimum absolute atomic E-state index is 0. The number of hydrogen-bond donors (Lipinski definition) is 1. The first kappa shape index (κ1) is 18.3. The number of nitrogens with two attached hydrogens (primary N) is 1. The molecule has 0 bridgehead atoms. The number of nitrogens with zero attached hydrogens (tertiary/aromatic N) is 4. The van der Waals surface area contributed by atoms with E-state index in [1.807, 2.05) is 10.9 Å². The molecular weight excluding hydrogens is 338 g/mol. The summed E-state index contributed by atoms with van der Waals surface area (Å²) in [6.07, 6.45) is 5.96. The summed E-state index contributed by atoms with van der Waals surface area (Å²) in [6.45, 7) is 1.48. The van der Waals surface area contributed by atoms with Gasteiger partial charge in [0.1, 0.15) is 0 Å². The minimum atomic E-state index is -0.178.